The van der Waals surface area contributed by atoms with Crippen molar-refractivity contribution in [2.75, 3.05) is 11.5 Å². The van der Waals surface area contributed by atoms with Crippen molar-refractivity contribution in [3.05, 3.63) is 58.7 Å². The second-order valence-electron chi connectivity index (χ2n) is 5.47. The van der Waals surface area contributed by atoms with Gasteiger partial charge in [-0.2, -0.15) is 0 Å². The Morgan fingerprint density at radius 1 is 0.625 bits per heavy atom. The predicted molar refractivity (Wildman–Crippen MR) is 77.0 cm³/mol. The van der Waals surface area contributed by atoms with Crippen LogP contribution < -0.4 is 11.5 Å². The second-order valence-corrected chi connectivity index (χ2v) is 5.47. The predicted octanol–water partition coefficient (Wildman–Crippen LogP) is 2.43. The maximum Gasteiger partial charge on any atom is 0.163 e. The molecule has 0 bridgehead atoms. The van der Waals surface area contributed by atoms with E-state index in [1.165, 1.54) is 0 Å². The minimum Gasteiger partial charge on any atom is -0.399 e. The van der Waals surface area contributed by atoms with Gasteiger partial charge in [-0.1, -0.05) is 0 Å². The fourth-order valence-electron chi connectivity index (χ4n) is 2.85. The molecule has 124 valence electrons. The van der Waals surface area contributed by atoms with E-state index < -0.39 is 57.8 Å². The van der Waals surface area contributed by atoms with Gasteiger partial charge in [0.2, 0.25) is 0 Å². The van der Waals surface area contributed by atoms with Gasteiger partial charge < -0.3 is 11.5 Å². The first-order valence-electron chi connectivity index (χ1n) is 6.78. The van der Waals surface area contributed by atoms with Gasteiger partial charge in [-0.25, -0.2) is 17.6 Å². The molecule has 0 atom stereocenters. The van der Waals surface area contributed by atoms with Crippen LogP contribution in [0.25, 0.3) is 0 Å². The highest BCUT2D eigenvalue weighted by Crippen LogP contribution is 2.44. The number of anilines is 2. The van der Waals surface area contributed by atoms with Crippen molar-refractivity contribution >= 4 is 22.9 Å². The van der Waals surface area contributed by atoms with Crippen molar-refractivity contribution in [1.82, 2.24) is 0 Å². The molecule has 0 spiro atoms. The Hall–Kier alpha value is -2.90. The maximum absolute atomic E-state index is 13.9. The van der Waals surface area contributed by atoms with Gasteiger partial charge in [0, 0.05) is 22.5 Å². The smallest absolute Gasteiger partial charge is 0.163 e. The fraction of sp³-hybridized carbons (Fsp3) is 0.125. The number of ketones is 2. The highest BCUT2D eigenvalue weighted by Gasteiger charge is 2.54. The summed E-state index contributed by atoms with van der Waals surface area (Å²) < 4.78 is 55.5. The number of hydrogen-bond acceptors (Lipinski definition) is 4. The Morgan fingerprint density at radius 3 is 1.12 bits per heavy atom. The summed E-state index contributed by atoms with van der Waals surface area (Å²) in [5.41, 5.74) is 8.55. The molecule has 8 heteroatoms. The van der Waals surface area contributed by atoms with Crippen molar-refractivity contribution in [3.8, 4) is 0 Å². The average molecular weight is 338 g/mol. The molecule has 2 aromatic carbocycles. The third kappa shape index (κ3) is 2.22. The molecule has 0 radical (unpaired) electrons. The molecule has 1 saturated carbocycles. The zero-order chi connectivity index (χ0) is 17.8. The third-order valence-corrected chi connectivity index (χ3v) is 3.92. The summed E-state index contributed by atoms with van der Waals surface area (Å²) in [4.78, 5) is 24.4. The SMILES string of the molecule is Nc1cc(F)c(C2C(=O)C(c3c(F)cc(N)cc3F)C2=O)c(F)c1. The standard InChI is InChI=1S/C16H10F4N2O2/c17-7-1-5(21)2-8(18)11(7)13-15(23)14(16(13)24)12-9(19)3-6(22)4-10(12)20/h1-4,13-14H,21-22H2. The van der Waals surface area contributed by atoms with Crippen LogP contribution in [0.4, 0.5) is 28.9 Å². The Labute approximate surface area is 133 Å². The van der Waals surface area contributed by atoms with E-state index in [0.717, 1.165) is 24.3 Å². The first-order valence-corrected chi connectivity index (χ1v) is 6.78. The van der Waals surface area contributed by atoms with Gasteiger partial charge in [0.25, 0.3) is 0 Å². The molecule has 1 fully saturated rings. The topological polar surface area (TPSA) is 86.2 Å². The lowest BCUT2D eigenvalue weighted by atomic mass is 9.65. The summed E-state index contributed by atoms with van der Waals surface area (Å²) >= 11 is 0. The molecule has 0 aliphatic heterocycles. The summed E-state index contributed by atoms with van der Waals surface area (Å²) in [6, 6.07) is 3.04. The highest BCUT2D eigenvalue weighted by atomic mass is 19.1. The van der Waals surface area contributed by atoms with Gasteiger partial charge in [0.1, 0.15) is 35.1 Å². The molecule has 4 nitrogen and oxygen atoms in total. The molecule has 2 aromatic rings. The van der Waals surface area contributed by atoms with Gasteiger partial charge in [0.05, 0.1) is 0 Å². The van der Waals surface area contributed by atoms with Crippen molar-refractivity contribution in [3.63, 3.8) is 0 Å². The number of halogens is 4. The van der Waals surface area contributed by atoms with E-state index in [4.69, 9.17) is 11.5 Å². The van der Waals surface area contributed by atoms with Crippen LogP contribution in [-0.4, -0.2) is 11.6 Å². The van der Waals surface area contributed by atoms with Crippen LogP contribution in [-0.2, 0) is 9.59 Å². The number of Topliss-reactive ketones (excluding diaryl/α,β-unsaturated/α-hetero) is 2. The molecule has 1 aliphatic carbocycles. The van der Waals surface area contributed by atoms with E-state index >= 15 is 0 Å². The van der Waals surface area contributed by atoms with E-state index in [2.05, 4.69) is 0 Å². The molecule has 0 aromatic heterocycles. The van der Waals surface area contributed by atoms with Crippen LogP contribution in [0.3, 0.4) is 0 Å². The number of hydrogen-bond donors (Lipinski definition) is 2. The Morgan fingerprint density at radius 2 is 0.875 bits per heavy atom. The Balaban J connectivity index is 2.03. The number of nitrogen functional groups attached to an aromatic ring is 2. The number of carbonyl (C=O) groups is 2. The van der Waals surface area contributed by atoms with E-state index in [9.17, 15) is 27.2 Å². The van der Waals surface area contributed by atoms with Gasteiger partial charge in [-0.15, -0.1) is 0 Å². The molecule has 0 heterocycles. The molecule has 24 heavy (non-hydrogen) atoms. The fourth-order valence-corrected chi connectivity index (χ4v) is 2.85. The van der Waals surface area contributed by atoms with Crippen LogP contribution in [0.1, 0.15) is 23.0 Å². The van der Waals surface area contributed by atoms with Crippen LogP contribution in [0.5, 0.6) is 0 Å². The van der Waals surface area contributed by atoms with Crippen LogP contribution >= 0.6 is 0 Å². The molecule has 3 rings (SSSR count). The number of rotatable bonds is 2. The lowest BCUT2D eigenvalue weighted by molar-refractivity contribution is -0.142. The third-order valence-electron chi connectivity index (χ3n) is 3.92. The molecule has 0 amide bonds. The minimum absolute atomic E-state index is 0.222. The molecule has 0 unspecified atom stereocenters. The van der Waals surface area contributed by atoms with E-state index in [0.29, 0.717) is 0 Å². The highest BCUT2D eigenvalue weighted by molar-refractivity contribution is 6.31. The molecule has 4 N–H and O–H groups in total. The van der Waals surface area contributed by atoms with Crippen molar-refractivity contribution in [2.24, 2.45) is 0 Å². The summed E-state index contributed by atoms with van der Waals surface area (Å²) in [7, 11) is 0. The summed E-state index contributed by atoms with van der Waals surface area (Å²) in [6.45, 7) is 0. The molecule has 0 saturated heterocycles. The van der Waals surface area contributed by atoms with Gasteiger partial charge in [-0.05, 0) is 24.3 Å². The van der Waals surface area contributed by atoms with E-state index in [1.54, 1.807) is 0 Å². The monoisotopic (exact) mass is 338 g/mol. The van der Waals surface area contributed by atoms with E-state index in [1.807, 2.05) is 0 Å². The van der Waals surface area contributed by atoms with Gasteiger partial charge in [-0.3, -0.25) is 9.59 Å². The lowest BCUT2D eigenvalue weighted by Gasteiger charge is -2.33. The van der Waals surface area contributed by atoms with Gasteiger partial charge >= 0.3 is 0 Å². The molecular formula is C16H10F4N2O2. The van der Waals surface area contributed by atoms with Crippen LogP contribution in [0.2, 0.25) is 0 Å². The number of carbonyl (C=O) groups excluding carboxylic acids is 2. The average Bonchev–Trinajstić information content (AvgIpc) is 2.46. The number of benzene rings is 2. The maximum atomic E-state index is 13.9. The lowest BCUT2D eigenvalue weighted by Crippen LogP contribution is -2.46. The minimum atomic E-state index is -1.76. The summed E-state index contributed by atoms with van der Waals surface area (Å²) in [5.74, 6) is -10.2. The zero-order valence-corrected chi connectivity index (χ0v) is 11.9. The van der Waals surface area contributed by atoms with Crippen LogP contribution in [0, 0.1) is 23.3 Å². The zero-order valence-electron chi connectivity index (χ0n) is 11.9. The van der Waals surface area contributed by atoms with Crippen molar-refractivity contribution in [2.45, 2.75) is 11.8 Å². The summed E-state index contributed by atoms with van der Waals surface area (Å²) in [5, 5.41) is 0. The molecular weight excluding hydrogens is 328 g/mol. The first-order chi connectivity index (χ1) is 11.2. The van der Waals surface area contributed by atoms with Crippen LogP contribution in [0.15, 0.2) is 24.3 Å². The Kier molecular flexibility index (Phi) is 3.55. The Bertz CT molecular complexity index is 766. The second kappa shape index (κ2) is 5.33. The summed E-state index contributed by atoms with van der Waals surface area (Å²) in [6.07, 6.45) is 0. The quantitative estimate of drug-likeness (QED) is 0.500. The largest absolute Gasteiger partial charge is 0.399 e. The first kappa shape index (κ1) is 16.0. The van der Waals surface area contributed by atoms with Crippen molar-refractivity contribution < 1.29 is 27.2 Å². The van der Waals surface area contributed by atoms with E-state index in [-0.39, 0.29) is 11.4 Å². The molecule has 1 aliphatic rings. The normalized spacial score (nSPS) is 20.2. The number of nitrogens with two attached hydrogens (primary N) is 2. The van der Waals surface area contributed by atoms with Crippen molar-refractivity contribution in [1.29, 1.82) is 0 Å². The van der Waals surface area contributed by atoms with Gasteiger partial charge in [0.15, 0.2) is 11.6 Å².